The Balaban J connectivity index is 2.22. The Bertz CT molecular complexity index is 654. The van der Waals surface area contributed by atoms with E-state index in [9.17, 15) is 14.9 Å². The number of nitrogens with zero attached hydrogens (tertiary/aromatic N) is 3. The third-order valence-electron chi connectivity index (χ3n) is 2.26. The average Bonchev–Trinajstić information content (AvgIpc) is 2.89. The van der Waals surface area contributed by atoms with Crippen molar-refractivity contribution in [2.45, 2.75) is 0 Å². The normalized spacial score (nSPS) is 10.7. The molecule has 0 aliphatic heterocycles. The lowest BCUT2D eigenvalue weighted by atomic mass is 10.3. The van der Waals surface area contributed by atoms with E-state index in [1.807, 2.05) is 0 Å². The number of carbonyl (C=O) groups is 1. The number of halogens is 1. The van der Waals surface area contributed by atoms with Crippen molar-refractivity contribution in [1.29, 1.82) is 0 Å². The van der Waals surface area contributed by atoms with E-state index in [0.29, 0.717) is 5.69 Å². The van der Waals surface area contributed by atoms with Gasteiger partial charge in [0.2, 0.25) is 0 Å². The molecule has 0 N–H and O–H groups in total. The van der Waals surface area contributed by atoms with Gasteiger partial charge in [-0.15, -0.1) is 0 Å². The Hall–Kier alpha value is -2.67. The van der Waals surface area contributed by atoms with Crippen LogP contribution in [0.1, 0.15) is 5.76 Å². The Kier molecular flexibility index (Phi) is 4.11. The summed E-state index contributed by atoms with van der Waals surface area (Å²) in [4.78, 5) is 21.1. The number of hydrazone groups is 1. The van der Waals surface area contributed by atoms with Crippen LogP contribution in [0, 0.1) is 10.1 Å². The number of nitro groups is 1. The number of anilines is 1. The van der Waals surface area contributed by atoms with Crippen molar-refractivity contribution in [2.24, 2.45) is 5.10 Å². The molecule has 20 heavy (non-hydrogen) atoms. The van der Waals surface area contributed by atoms with Crippen molar-refractivity contribution >= 4 is 34.8 Å². The molecule has 1 aromatic carbocycles. The monoisotopic (exact) mass is 293 g/mol. The van der Waals surface area contributed by atoms with Crippen molar-refractivity contribution in [3.05, 3.63) is 58.3 Å². The maximum atomic E-state index is 11.3. The van der Waals surface area contributed by atoms with E-state index in [4.69, 9.17) is 16.0 Å². The number of para-hydroxylation sites is 1. The number of amides is 1. The number of rotatable bonds is 4. The highest BCUT2D eigenvalue weighted by atomic mass is 35.5. The first kappa shape index (κ1) is 13.8. The Morgan fingerprint density at radius 1 is 1.30 bits per heavy atom. The van der Waals surface area contributed by atoms with Crippen LogP contribution in [-0.2, 0) is 0 Å². The molecule has 0 bridgehead atoms. The molecule has 0 aliphatic carbocycles. The van der Waals surface area contributed by atoms with Crippen molar-refractivity contribution in [3.63, 3.8) is 0 Å². The van der Waals surface area contributed by atoms with E-state index in [1.54, 1.807) is 30.3 Å². The largest absolute Gasteiger partial charge is 0.433 e. The third kappa shape index (κ3) is 3.21. The summed E-state index contributed by atoms with van der Waals surface area (Å²) >= 11 is 5.43. The topological polar surface area (TPSA) is 89.0 Å². The zero-order valence-electron chi connectivity index (χ0n) is 9.97. The summed E-state index contributed by atoms with van der Waals surface area (Å²) in [6, 6.07) is 11.1. The molecule has 1 heterocycles. The van der Waals surface area contributed by atoms with E-state index < -0.39 is 16.2 Å². The van der Waals surface area contributed by atoms with Crippen LogP contribution >= 0.6 is 11.6 Å². The molecule has 8 heteroatoms. The van der Waals surface area contributed by atoms with Gasteiger partial charge < -0.3 is 4.42 Å². The molecule has 0 unspecified atom stereocenters. The van der Waals surface area contributed by atoms with Crippen molar-refractivity contribution in [2.75, 3.05) is 5.01 Å². The first-order valence-electron chi connectivity index (χ1n) is 5.41. The quantitative estimate of drug-likeness (QED) is 0.284. The molecule has 0 radical (unpaired) electrons. The first-order valence-corrected chi connectivity index (χ1v) is 5.78. The van der Waals surface area contributed by atoms with Crippen LogP contribution in [-0.4, -0.2) is 16.5 Å². The van der Waals surface area contributed by atoms with Crippen LogP contribution in [0.15, 0.2) is 52.0 Å². The lowest BCUT2D eigenvalue weighted by Gasteiger charge is -2.12. The standard InChI is InChI=1S/C12H8ClN3O4/c13-12(17)15(9-4-2-1-3-5-9)14-8-10-6-7-11(20-10)16(18)19/h1-8H/b14-8+. The molecular weight excluding hydrogens is 286 g/mol. The predicted molar refractivity (Wildman–Crippen MR) is 73.1 cm³/mol. The van der Waals surface area contributed by atoms with Crippen LogP contribution in [0.4, 0.5) is 16.4 Å². The maximum Gasteiger partial charge on any atom is 0.433 e. The number of benzene rings is 1. The summed E-state index contributed by atoms with van der Waals surface area (Å²) < 4.78 is 4.88. The van der Waals surface area contributed by atoms with E-state index in [1.165, 1.54) is 18.3 Å². The lowest BCUT2D eigenvalue weighted by molar-refractivity contribution is -0.402. The molecule has 0 saturated heterocycles. The number of furan rings is 1. The molecule has 7 nitrogen and oxygen atoms in total. The average molecular weight is 294 g/mol. The zero-order valence-corrected chi connectivity index (χ0v) is 10.7. The molecule has 1 aromatic heterocycles. The van der Waals surface area contributed by atoms with E-state index in [2.05, 4.69) is 5.10 Å². The van der Waals surface area contributed by atoms with E-state index in [0.717, 1.165) is 5.01 Å². The van der Waals surface area contributed by atoms with Gasteiger partial charge in [0, 0.05) is 0 Å². The molecule has 0 spiro atoms. The molecule has 0 fully saturated rings. The summed E-state index contributed by atoms with van der Waals surface area (Å²) in [5.74, 6) is -0.273. The molecule has 0 saturated carbocycles. The summed E-state index contributed by atoms with van der Waals surface area (Å²) in [5, 5.41) is 14.4. The number of carbonyl (C=O) groups excluding carboxylic acids is 1. The van der Waals surface area contributed by atoms with Gasteiger partial charge in [-0.2, -0.15) is 10.1 Å². The maximum absolute atomic E-state index is 11.3. The molecule has 1 amide bonds. The minimum Gasteiger partial charge on any atom is -0.400 e. The van der Waals surface area contributed by atoms with Crippen LogP contribution in [0.3, 0.4) is 0 Å². The SMILES string of the molecule is O=C(Cl)N(/N=C/c1ccc([N+](=O)[O-])o1)c1ccccc1. The van der Waals surface area contributed by atoms with Gasteiger partial charge in [-0.3, -0.25) is 14.9 Å². The second kappa shape index (κ2) is 5.98. The highest BCUT2D eigenvalue weighted by Crippen LogP contribution is 2.17. The predicted octanol–water partition coefficient (Wildman–Crippen LogP) is 3.39. The second-order valence-corrected chi connectivity index (χ2v) is 3.90. The van der Waals surface area contributed by atoms with Gasteiger partial charge in [0.15, 0.2) is 5.76 Å². The molecular formula is C12H8ClN3O4. The fraction of sp³-hybridized carbons (Fsp3) is 0. The summed E-state index contributed by atoms with van der Waals surface area (Å²) in [6.07, 6.45) is 1.17. The van der Waals surface area contributed by atoms with Crippen LogP contribution < -0.4 is 5.01 Å². The van der Waals surface area contributed by atoms with Gasteiger partial charge in [-0.05, 0) is 29.8 Å². The van der Waals surface area contributed by atoms with Gasteiger partial charge >= 0.3 is 11.3 Å². The van der Waals surface area contributed by atoms with Gasteiger partial charge in [0.25, 0.3) is 0 Å². The van der Waals surface area contributed by atoms with Crippen LogP contribution in [0.5, 0.6) is 0 Å². The van der Waals surface area contributed by atoms with Crippen molar-refractivity contribution < 1.29 is 14.1 Å². The zero-order chi connectivity index (χ0) is 14.5. The highest BCUT2D eigenvalue weighted by Gasteiger charge is 2.13. The Morgan fingerprint density at radius 3 is 2.55 bits per heavy atom. The smallest absolute Gasteiger partial charge is 0.400 e. The molecule has 2 rings (SSSR count). The summed E-state index contributed by atoms with van der Waals surface area (Å²) in [5.41, 5.74) is 0.463. The fourth-order valence-corrected chi connectivity index (χ4v) is 1.55. The van der Waals surface area contributed by atoms with Gasteiger partial charge in [-0.1, -0.05) is 18.2 Å². The van der Waals surface area contributed by atoms with Crippen molar-refractivity contribution in [3.8, 4) is 0 Å². The fourth-order valence-electron chi connectivity index (χ4n) is 1.41. The van der Waals surface area contributed by atoms with E-state index in [-0.39, 0.29) is 5.76 Å². The minimum absolute atomic E-state index is 0.135. The number of hydrogen-bond donors (Lipinski definition) is 0. The van der Waals surface area contributed by atoms with Gasteiger partial charge in [0.05, 0.1) is 18.0 Å². The molecule has 2 aromatic rings. The van der Waals surface area contributed by atoms with Gasteiger partial charge in [0.1, 0.15) is 4.92 Å². The van der Waals surface area contributed by atoms with Gasteiger partial charge in [-0.25, -0.2) is 0 Å². The number of hydrogen-bond acceptors (Lipinski definition) is 5. The molecule has 0 atom stereocenters. The molecule has 102 valence electrons. The lowest BCUT2D eigenvalue weighted by Crippen LogP contribution is -2.18. The van der Waals surface area contributed by atoms with Crippen LogP contribution in [0.25, 0.3) is 0 Å². The van der Waals surface area contributed by atoms with Crippen LogP contribution in [0.2, 0.25) is 0 Å². The summed E-state index contributed by atoms with van der Waals surface area (Å²) in [7, 11) is 0. The Morgan fingerprint density at radius 2 is 2.00 bits per heavy atom. The Labute approximate surface area is 118 Å². The summed E-state index contributed by atoms with van der Waals surface area (Å²) in [6.45, 7) is 0. The minimum atomic E-state index is -0.812. The first-order chi connectivity index (χ1) is 9.58. The van der Waals surface area contributed by atoms with Crippen molar-refractivity contribution in [1.82, 2.24) is 0 Å². The third-order valence-corrected chi connectivity index (χ3v) is 2.42. The highest BCUT2D eigenvalue weighted by molar-refractivity contribution is 6.66. The second-order valence-electron chi connectivity index (χ2n) is 3.58. The van der Waals surface area contributed by atoms with E-state index >= 15 is 0 Å². The molecule has 0 aliphatic rings.